The van der Waals surface area contributed by atoms with E-state index in [1.807, 2.05) is 0 Å². The van der Waals surface area contributed by atoms with E-state index >= 15 is 0 Å². The minimum absolute atomic E-state index is 0.122. The molecule has 1 aromatic carbocycles. The van der Waals surface area contributed by atoms with Crippen LogP contribution in [0.1, 0.15) is 23.7 Å². The number of amides is 2. The molecule has 0 aliphatic carbocycles. The molecule has 1 N–H and O–H groups in total. The topological polar surface area (TPSA) is 88.6 Å². The van der Waals surface area contributed by atoms with Crippen molar-refractivity contribution in [2.75, 3.05) is 23.4 Å². The molecule has 0 spiro atoms. The third kappa shape index (κ3) is 3.85. The summed E-state index contributed by atoms with van der Waals surface area (Å²) in [5.41, 5.74) is 1.08. The molecule has 2 amide bonds. The first-order valence-electron chi connectivity index (χ1n) is 7.86. The molecule has 1 aliphatic heterocycles. The van der Waals surface area contributed by atoms with Crippen LogP contribution in [0.25, 0.3) is 0 Å². The van der Waals surface area contributed by atoms with Crippen LogP contribution >= 0.6 is 11.3 Å². The van der Waals surface area contributed by atoms with Crippen molar-refractivity contribution in [1.82, 2.24) is 4.98 Å². The van der Waals surface area contributed by atoms with Gasteiger partial charge in [0.1, 0.15) is 0 Å². The lowest BCUT2D eigenvalue weighted by Crippen LogP contribution is -2.28. The lowest BCUT2D eigenvalue weighted by Gasteiger charge is -2.17. The molecule has 0 radical (unpaired) electrons. The van der Waals surface area contributed by atoms with Crippen molar-refractivity contribution in [3.8, 4) is 0 Å². The van der Waals surface area contributed by atoms with Gasteiger partial charge in [0.2, 0.25) is 11.8 Å². The monoisotopic (exact) mass is 359 g/mol. The Hall–Kier alpha value is -2.74. The number of ether oxygens (including phenoxy) is 1. The van der Waals surface area contributed by atoms with Crippen LogP contribution in [0.2, 0.25) is 0 Å². The first kappa shape index (κ1) is 17.1. The number of aromatic nitrogens is 1. The third-order valence-corrected chi connectivity index (χ3v) is 4.54. The number of hydrogen-bond acceptors (Lipinski definition) is 6. The Bertz CT molecular complexity index is 774. The lowest BCUT2D eigenvalue weighted by atomic mass is 10.1. The Labute approximate surface area is 148 Å². The van der Waals surface area contributed by atoms with Gasteiger partial charge in [-0.3, -0.25) is 9.59 Å². The minimum Gasteiger partial charge on any atom is -0.462 e. The Balaban J connectivity index is 1.66. The minimum atomic E-state index is -0.430. The van der Waals surface area contributed by atoms with E-state index in [9.17, 15) is 14.4 Å². The highest BCUT2D eigenvalue weighted by molar-refractivity contribution is 7.13. The second-order valence-corrected chi connectivity index (χ2v) is 6.39. The van der Waals surface area contributed by atoms with Crippen molar-refractivity contribution in [2.24, 2.45) is 5.92 Å². The van der Waals surface area contributed by atoms with Crippen molar-refractivity contribution in [2.45, 2.75) is 13.3 Å². The van der Waals surface area contributed by atoms with Crippen LogP contribution in [0.3, 0.4) is 0 Å². The molecule has 2 aromatic rings. The summed E-state index contributed by atoms with van der Waals surface area (Å²) in [7, 11) is 0. The average Bonchev–Trinajstić information content (AvgIpc) is 3.25. The molecule has 130 valence electrons. The summed E-state index contributed by atoms with van der Waals surface area (Å²) in [5.74, 6) is -1.17. The van der Waals surface area contributed by atoms with Gasteiger partial charge in [-0.1, -0.05) is 0 Å². The van der Waals surface area contributed by atoms with Gasteiger partial charge in [0.05, 0.1) is 18.1 Å². The van der Waals surface area contributed by atoms with E-state index in [0.717, 1.165) is 0 Å². The SMILES string of the molecule is CCOC(=O)c1ccc(N2CC(C(=O)Nc3nccs3)CC2=O)cc1. The standard InChI is InChI=1S/C17H17N3O4S/c1-2-24-16(23)11-3-5-13(6-4-11)20-10-12(9-14(20)21)15(22)19-17-18-7-8-25-17/h3-8,12H,2,9-10H2,1H3,(H,18,19,22). The highest BCUT2D eigenvalue weighted by Gasteiger charge is 2.35. The first-order valence-corrected chi connectivity index (χ1v) is 8.74. The van der Waals surface area contributed by atoms with Crippen molar-refractivity contribution < 1.29 is 19.1 Å². The summed E-state index contributed by atoms with van der Waals surface area (Å²) in [6, 6.07) is 6.60. The maximum absolute atomic E-state index is 12.3. The van der Waals surface area contributed by atoms with Gasteiger partial charge in [0.15, 0.2) is 5.13 Å². The van der Waals surface area contributed by atoms with Crippen molar-refractivity contribution in [3.63, 3.8) is 0 Å². The number of benzene rings is 1. The van der Waals surface area contributed by atoms with E-state index in [1.54, 1.807) is 47.7 Å². The van der Waals surface area contributed by atoms with Gasteiger partial charge >= 0.3 is 5.97 Å². The highest BCUT2D eigenvalue weighted by atomic mass is 32.1. The molecule has 1 aliphatic rings. The molecule has 2 heterocycles. The van der Waals surface area contributed by atoms with Crippen LogP contribution in [-0.4, -0.2) is 35.9 Å². The predicted octanol–water partition coefficient (Wildman–Crippen LogP) is 2.31. The maximum Gasteiger partial charge on any atom is 0.338 e. The molecule has 1 aromatic heterocycles. The predicted molar refractivity (Wildman–Crippen MR) is 93.6 cm³/mol. The van der Waals surface area contributed by atoms with Gasteiger partial charge in [0, 0.05) is 30.2 Å². The molecule has 8 heteroatoms. The molecule has 0 bridgehead atoms. The van der Waals surface area contributed by atoms with Crippen LogP contribution in [0.5, 0.6) is 0 Å². The average molecular weight is 359 g/mol. The summed E-state index contributed by atoms with van der Waals surface area (Å²) in [6.45, 7) is 2.35. The normalized spacial score (nSPS) is 16.8. The van der Waals surface area contributed by atoms with Crippen molar-refractivity contribution in [1.29, 1.82) is 0 Å². The fraction of sp³-hybridized carbons (Fsp3) is 0.294. The number of esters is 1. The van der Waals surface area contributed by atoms with E-state index in [2.05, 4.69) is 10.3 Å². The molecule has 1 unspecified atom stereocenters. The molecule has 3 rings (SSSR count). The van der Waals surface area contributed by atoms with E-state index < -0.39 is 11.9 Å². The Kier molecular flexibility index (Phi) is 5.08. The van der Waals surface area contributed by atoms with Crippen LogP contribution < -0.4 is 10.2 Å². The van der Waals surface area contributed by atoms with Gasteiger partial charge in [0.25, 0.3) is 0 Å². The number of carbonyl (C=O) groups is 3. The second-order valence-electron chi connectivity index (χ2n) is 5.50. The van der Waals surface area contributed by atoms with E-state index in [4.69, 9.17) is 4.74 Å². The summed E-state index contributed by atoms with van der Waals surface area (Å²) >= 11 is 1.33. The van der Waals surface area contributed by atoms with Gasteiger partial charge in [-0.15, -0.1) is 11.3 Å². The number of nitrogens with one attached hydrogen (secondary N) is 1. The smallest absolute Gasteiger partial charge is 0.338 e. The lowest BCUT2D eigenvalue weighted by molar-refractivity contribution is -0.122. The number of thiazole rings is 1. The number of carbonyl (C=O) groups excluding carboxylic acids is 3. The largest absolute Gasteiger partial charge is 0.462 e. The number of hydrogen-bond donors (Lipinski definition) is 1. The van der Waals surface area contributed by atoms with Gasteiger partial charge in [-0.05, 0) is 31.2 Å². The van der Waals surface area contributed by atoms with E-state index in [0.29, 0.717) is 29.5 Å². The van der Waals surface area contributed by atoms with Crippen molar-refractivity contribution >= 4 is 39.9 Å². The van der Waals surface area contributed by atoms with Crippen LogP contribution in [0.4, 0.5) is 10.8 Å². The molecule has 1 atom stereocenters. The molecule has 7 nitrogen and oxygen atoms in total. The quantitative estimate of drug-likeness (QED) is 0.828. The maximum atomic E-state index is 12.3. The van der Waals surface area contributed by atoms with Gasteiger partial charge < -0.3 is 15.0 Å². The second kappa shape index (κ2) is 7.43. The van der Waals surface area contributed by atoms with Crippen LogP contribution in [0.15, 0.2) is 35.8 Å². The zero-order valence-corrected chi connectivity index (χ0v) is 14.4. The number of anilines is 2. The fourth-order valence-corrected chi connectivity index (χ4v) is 3.15. The van der Waals surface area contributed by atoms with E-state index in [-0.39, 0.29) is 18.2 Å². The zero-order chi connectivity index (χ0) is 17.8. The highest BCUT2D eigenvalue weighted by Crippen LogP contribution is 2.26. The zero-order valence-electron chi connectivity index (χ0n) is 13.6. The molecule has 1 fully saturated rings. The Morgan fingerprint density at radius 3 is 2.76 bits per heavy atom. The molecule has 1 saturated heterocycles. The van der Waals surface area contributed by atoms with Crippen molar-refractivity contribution in [3.05, 3.63) is 41.4 Å². The third-order valence-electron chi connectivity index (χ3n) is 3.85. The molecular weight excluding hydrogens is 342 g/mol. The Morgan fingerprint density at radius 2 is 2.12 bits per heavy atom. The molecule has 0 saturated carbocycles. The summed E-state index contributed by atoms with van der Waals surface area (Å²) in [4.78, 5) is 41.8. The molecule has 25 heavy (non-hydrogen) atoms. The summed E-state index contributed by atoms with van der Waals surface area (Å²) < 4.78 is 4.94. The van der Waals surface area contributed by atoms with Gasteiger partial charge in [-0.2, -0.15) is 0 Å². The number of rotatable bonds is 5. The summed E-state index contributed by atoms with van der Waals surface area (Å²) in [5, 5.41) is 5.02. The fourth-order valence-electron chi connectivity index (χ4n) is 2.62. The first-order chi connectivity index (χ1) is 12.1. The number of nitrogens with zero attached hydrogens (tertiary/aromatic N) is 2. The van der Waals surface area contributed by atoms with Crippen LogP contribution in [-0.2, 0) is 14.3 Å². The molecular formula is C17H17N3O4S. The van der Waals surface area contributed by atoms with Crippen LogP contribution in [0, 0.1) is 5.92 Å². The van der Waals surface area contributed by atoms with E-state index in [1.165, 1.54) is 11.3 Å². The Morgan fingerprint density at radius 1 is 1.36 bits per heavy atom. The van der Waals surface area contributed by atoms with Gasteiger partial charge in [-0.25, -0.2) is 9.78 Å². The summed E-state index contributed by atoms with van der Waals surface area (Å²) in [6.07, 6.45) is 1.76.